The van der Waals surface area contributed by atoms with Crippen LogP contribution in [0.1, 0.15) is 31.0 Å². The third kappa shape index (κ3) is 2.84. The van der Waals surface area contributed by atoms with Crippen molar-refractivity contribution in [2.24, 2.45) is 0 Å². The SMILES string of the molecule is C#CCCNc1cc(Cl)nc(C2CC2)n1. The number of rotatable bonds is 4. The Morgan fingerprint density at radius 1 is 1.53 bits per heavy atom. The molecule has 1 aliphatic rings. The highest BCUT2D eigenvalue weighted by Gasteiger charge is 2.27. The van der Waals surface area contributed by atoms with Crippen molar-refractivity contribution >= 4 is 17.4 Å². The van der Waals surface area contributed by atoms with Gasteiger partial charge in [-0.3, -0.25) is 0 Å². The molecule has 0 saturated heterocycles. The maximum atomic E-state index is 5.90. The molecule has 1 aliphatic carbocycles. The lowest BCUT2D eigenvalue weighted by Gasteiger charge is -2.05. The van der Waals surface area contributed by atoms with Gasteiger partial charge in [-0.1, -0.05) is 11.6 Å². The minimum atomic E-state index is 0.495. The van der Waals surface area contributed by atoms with Crippen molar-refractivity contribution < 1.29 is 0 Å². The van der Waals surface area contributed by atoms with Crippen molar-refractivity contribution in [1.82, 2.24) is 9.97 Å². The molecule has 1 heterocycles. The topological polar surface area (TPSA) is 37.8 Å². The highest BCUT2D eigenvalue weighted by atomic mass is 35.5. The zero-order valence-corrected chi connectivity index (χ0v) is 9.09. The van der Waals surface area contributed by atoms with E-state index < -0.39 is 0 Å². The maximum absolute atomic E-state index is 5.90. The van der Waals surface area contributed by atoms with Gasteiger partial charge in [-0.25, -0.2) is 9.97 Å². The Morgan fingerprint density at radius 3 is 3.00 bits per heavy atom. The van der Waals surface area contributed by atoms with Crippen LogP contribution in [0.15, 0.2) is 6.07 Å². The van der Waals surface area contributed by atoms with E-state index in [0.29, 0.717) is 24.0 Å². The third-order valence-electron chi connectivity index (χ3n) is 2.23. The zero-order chi connectivity index (χ0) is 10.7. The van der Waals surface area contributed by atoms with Crippen molar-refractivity contribution in [3.05, 3.63) is 17.0 Å². The Hall–Kier alpha value is -1.27. The number of halogens is 1. The molecule has 1 saturated carbocycles. The van der Waals surface area contributed by atoms with Crippen LogP contribution >= 0.6 is 11.6 Å². The van der Waals surface area contributed by atoms with Crippen LogP contribution in [0.4, 0.5) is 5.82 Å². The number of aromatic nitrogens is 2. The lowest BCUT2D eigenvalue weighted by molar-refractivity contribution is 0.920. The van der Waals surface area contributed by atoms with E-state index in [1.807, 2.05) is 0 Å². The summed E-state index contributed by atoms with van der Waals surface area (Å²) in [4.78, 5) is 8.59. The van der Waals surface area contributed by atoms with Gasteiger partial charge in [0.2, 0.25) is 0 Å². The number of hydrogen-bond donors (Lipinski definition) is 1. The molecule has 0 radical (unpaired) electrons. The first kappa shape index (κ1) is 10.3. The summed E-state index contributed by atoms with van der Waals surface area (Å²) in [6.07, 6.45) is 8.18. The fourth-order valence-electron chi connectivity index (χ4n) is 1.31. The fraction of sp³-hybridized carbons (Fsp3) is 0.455. The first-order valence-corrected chi connectivity index (χ1v) is 5.39. The number of terminal acetylenes is 1. The Bertz CT molecular complexity index is 393. The summed E-state index contributed by atoms with van der Waals surface area (Å²) >= 11 is 5.90. The summed E-state index contributed by atoms with van der Waals surface area (Å²) < 4.78 is 0. The summed E-state index contributed by atoms with van der Waals surface area (Å²) in [5.41, 5.74) is 0. The van der Waals surface area contributed by atoms with Gasteiger partial charge in [-0.2, -0.15) is 0 Å². The molecular weight excluding hydrogens is 210 g/mol. The van der Waals surface area contributed by atoms with Gasteiger partial charge in [-0.15, -0.1) is 12.3 Å². The first-order valence-electron chi connectivity index (χ1n) is 5.01. The van der Waals surface area contributed by atoms with E-state index in [0.717, 1.165) is 11.6 Å². The van der Waals surface area contributed by atoms with Gasteiger partial charge in [0.25, 0.3) is 0 Å². The lowest BCUT2D eigenvalue weighted by Crippen LogP contribution is -2.05. The molecule has 4 heteroatoms. The molecule has 0 atom stereocenters. The van der Waals surface area contributed by atoms with Crippen LogP contribution in [0.5, 0.6) is 0 Å². The molecule has 0 bridgehead atoms. The lowest BCUT2D eigenvalue weighted by atomic mass is 10.4. The summed E-state index contributed by atoms with van der Waals surface area (Å²) in [6.45, 7) is 0.716. The van der Waals surface area contributed by atoms with Gasteiger partial charge in [0, 0.05) is 24.9 Å². The molecular formula is C11H12ClN3. The number of nitrogens with one attached hydrogen (secondary N) is 1. The molecule has 2 rings (SSSR count). The number of anilines is 1. The average molecular weight is 222 g/mol. The number of nitrogens with zero attached hydrogens (tertiary/aromatic N) is 2. The minimum Gasteiger partial charge on any atom is -0.369 e. The molecule has 0 aromatic carbocycles. The average Bonchev–Trinajstić information content (AvgIpc) is 3.00. The second-order valence-electron chi connectivity index (χ2n) is 3.59. The Labute approximate surface area is 94.3 Å². The maximum Gasteiger partial charge on any atom is 0.135 e. The van der Waals surface area contributed by atoms with Gasteiger partial charge in [0.05, 0.1) is 0 Å². The van der Waals surface area contributed by atoms with E-state index in [2.05, 4.69) is 21.2 Å². The van der Waals surface area contributed by atoms with Crippen molar-refractivity contribution in [2.75, 3.05) is 11.9 Å². The normalized spacial score (nSPS) is 14.7. The van der Waals surface area contributed by atoms with Gasteiger partial charge in [-0.05, 0) is 12.8 Å². The molecule has 15 heavy (non-hydrogen) atoms. The van der Waals surface area contributed by atoms with E-state index in [-0.39, 0.29) is 0 Å². The predicted molar refractivity (Wildman–Crippen MR) is 61.0 cm³/mol. The largest absolute Gasteiger partial charge is 0.369 e. The van der Waals surface area contributed by atoms with E-state index in [1.165, 1.54) is 12.8 Å². The molecule has 78 valence electrons. The molecule has 0 aliphatic heterocycles. The predicted octanol–water partition coefficient (Wildman–Crippen LogP) is 2.44. The minimum absolute atomic E-state index is 0.495. The van der Waals surface area contributed by atoms with Crippen molar-refractivity contribution in [2.45, 2.75) is 25.2 Å². The van der Waals surface area contributed by atoms with Crippen LogP contribution < -0.4 is 5.32 Å². The quantitative estimate of drug-likeness (QED) is 0.482. The molecule has 1 aromatic rings. The van der Waals surface area contributed by atoms with Crippen molar-refractivity contribution in [1.29, 1.82) is 0 Å². The monoisotopic (exact) mass is 221 g/mol. The molecule has 1 fully saturated rings. The standard InChI is InChI=1S/C11H12ClN3/c1-2-3-6-13-10-7-9(12)14-11(15-10)8-4-5-8/h1,7-8H,3-6H2,(H,13,14,15). The van der Waals surface area contributed by atoms with Gasteiger partial charge in [0.1, 0.15) is 16.8 Å². The highest BCUT2D eigenvalue weighted by molar-refractivity contribution is 6.29. The van der Waals surface area contributed by atoms with E-state index in [9.17, 15) is 0 Å². The van der Waals surface area contributed by atoms with Crippen LogP contribution in [0.3, 0.4) is 0 Å². The molecule has 3 nitrogen and oxygen atoms in total. The van der Waals surface area contributed by atoms with Crippen LogP contribution in [0.2, 0.25) is 5.15 Å². The van der Waals surface area contributed by atoms with Gasteiger partial charge < -0.3 is 5.32 Å². The number of hydrogen-bond acceptors (Lipinski definition) is 3. The Kier molecular flexibility index (Phi) is 3.08. The summed E-state index contributed by atoms with van der Waals surface area (Å²) in [7, 11) is 0. The Morgan fingerprint density at radius 2 is 2.33 bits per heavy atom. The van der Waals surface area contributed by atoms with Crippen molar-refractivity contribution in [3.63, 3.8) is 0 Å². The summed E-state index contributed by atoms with van der Waals surface area (Å²) in [5.74, 6) is 4.70. The van der Waals surface area contributed by atoms with E-state index in [4.69, 9.17) is 18.0 Å². The molecule has 1 N–H and O–H groups in total. The zero-order valence-electron chi connectivity index (χ0n) is 8.33. The van der Waals surface area contributed by atoms with Crippen LogP contribution in [-0.2, 0) is 0 Å². The van der Waals surface area contributed by atoms with Crippen LogP contribution in [-0.4, -0.2) is 16.5 Å². The summed E-state index contributed by atoms with van der Waals surface area (Å²) in [6, 6.07) is 1.73. The fourth-order valence-corrected chi connectivity index (χ4v) is 1.50. The molecule has 1 aromatic heterocycles. The Balaban J connectivity index is 2.06. The van der Waals surface area contributed by atoms with E-state index in [1.54, 1.807) is 6.07 Å². The smallest absolute Gasteiger partial charge is 0.135 e. The van der Waals surface area contributed by atoms with E-state index >= 15 is 0 Å². The third-order valence-corrected chi connectivity index (χ3v) is 2.42. The first-order chi connectivity index (χ1) is 7.29. The summed E-state index contributed by atoms with van der Waals surface area (Å²) in [5, 5.41) is 3.63. The molecule has 0 spiro atoms. The molecule has 0 amide bonds. The van der Waals surface area contributed by atoms with Crippen molar-refractivity contribution in [3.8, 4) is 12.3 Å². The van der Waals surface area contributed by atoms with Crippen LogP contribution in [0, 0.1) is 12.3 Å². The van der Waals surface area contributed by atoms with Gasteiger partial charge >= 0.3 is 0 Å². The highest BCUT2D eigenvalue weighted by Crippen LogP contribution is 2.38. The molecule has 0 unspecified atom stereocenters. The van der Waals surface area contributed by atoms with Crippen LogP contribution in [0.25, 0.3) is 0 Å². The van der Waals surface area contributed by atoms with Gasteiger partial charge in [0.15, 0.2) is 0 Å². The second kappa shape index (κ2) is 4.50. The second-order valence-corrected chi connectivity index (χ2v) is 3.98.